The van der Waals surface area contributed by atoms with Gasteiger partial charge in [0, 0.05) is 19.0 Å². The first-order valence-corrected chi connectivity index (χ1v) is 7.06. The summed E-state index contributed by atoms with van der Waals surface area (Å²) < 4.78 is 43.5. The number of aliphatic hydroxyl groups is 1. The Bertz CT molecular complexity index is 558. The third-order valence-corrected chi connectivity index (χ3v) is 3.80. The van der Waals surface area contributed by atoms with E-state index in [-0.39, 0.29) is 43.5 Å². The summed E-state index contributed by atoms with van der Waals surface area (Å²) in [6.45, 7) is -0.293. The van der Waals surface area contributed by atoms with Gasteiger partial charge in [0.25, 0.3) is 6.43 Å². The van der Waals surface area contributed by atoms with Gasteiger partial charge in [0.2, 0.25) is 5.91 Å². The van der Waals surface area contributed by atoms with Crippen LogP contribution in [0.5, 0.6) is 5.75 Å². The quantitative estimate of drug-likeness (QED) is 0.898. The number of benzene rings is 1. The number of carbonyl (C=O) groups is 1. The number of hydrogen-bond donors (Lipinski definition) is 1. The Morgan fingerprint density at radius 1 is 1.50 bits per heavy atom. The lowest BCUT2D eigenvalue weighted by molar-refractivity contribution is -0.134. The fourth-order valence-corrected chi connectivity index (χ4v) is 2.36. The van der Waals surface area contributed by atoms with E-state index in [1.54, 1.807) is 0 Å². The zero-order valence-electron chi connectivity index (χ0n) is 11.6. The molecular weight excluding hydrogens is 323 g/mol. The maximum Gasteiger partial charge on any atom is 0.268 e. The van der Waals surface area contributed by atoms with Crippen molar-refractivity contribution in [3.63, 3.8) is 0 Å². The lowest BCUT2D eigenvalue weighted by Gasteiger charge is -2.22. The number of alkyl halides is 2. The Morgan fingerprint density at radius 2 is 2.23 bits per heavy atom. The molecule has 1 aliphatic heterocycles. The number of nitrogens with zero attached hydrogens (tertiary/aromatic N) is 1. The van der Waals surface area contributed by atoms with E-state index in [1.807, 2.05) is 0 Å². The molecule has 0 saturated carbocycles. The van der Waals surface area contributed by atoms with Crippen molar-refractivity contribution in [3.8, 4) is 5.75 Å². The highest BCUT2D eigenvalue weighted by atomic mass is 35.5. The van der Waals surface area contributed by atoms with Gasteiger partial charge in [-0.3, -0.25) is 4.79 Å². The highest BCUT2D eigenvalue weighted by molar-refractivity contribution is 6.30. The molecule has 22 heavy (non-hydrogen) atoms. The van der Waals surface area contributed by atoms with Gasteiger partial charge in [-0.25, -0.2) is 13.2 Å². The van der Waals surface area contributed by atoms with Crippen LogP contribution in [-0.2, 0) is 4.79 Å². The van der Waals surface area contributed by atoms with Crippen molar-refractivity contribution in [3.05, 3.63) is 29.0 Å². The van der Waals surface area contributed by atoms with Gasteiger partial charge in [-0.2, -0.15) is 0 Å². The van der Waals surface area contributed by atoms with Crippen LogP contribution in [0.1, 0.15) is 12.8 Å². The third-order valence-electron chi connectivity index (χ3n) is 3.51. The van der Waals surface area contributed by atoms with Crippen LogP contribution in [0.2, 0.25) is 5.02 Å². The number of carbonyl (C=O) groups excluding carboxylic acids is 1. The number of amides is 1. The maximum absolute atomic E-state index is 13.0. The number of β-amino-alcohol motifs (C(OH)–C–C–N with tert-alkyl or cyclic N) is 1. The first kappa shape index (κ1) is 16.9. The molecule has 1 N–H and O–H groups in total. The van der Waals surface area contributed by atoms with Gasteiger partial charge in [0.15, 0.2) is 0 Å². The minimum Gasteiger partial charge on any atom is -0.493 e. The first-order valence-electron chi connectivity index (χ1n) is 6.68. The highest BCUT2D eigenvalue weighted by Gasteiger charge is 2.45. The van der Waals surface area contributed by atoms with Crippen LogP contribution in [0.15, 0.2) is 18.2 Å². The van der Waals surface area contributed by atoms with Gasteiger partial charge < -0.3 is 14.7 Å². The Labute approximate surface area is 130 Å². The summed E-state index contributed by atoms with van der Waals surface area (Å²) in [7, 11) is 0. The standard InChI is InChI=1S/C14H15ClF3NO3/c15-10-7-9(1-2-11(10)16)22-6-3-12(20)19-5-4-14(21,8-19)13(17)18/h1-2,7,13,21H,3-6,8H2. The predicted octanol–water partition coefficient (Wildman–Crippen LogP) is 2.48. The normalized spacial score (nSPS) is 21.5. The first-order chi connectivity index (χ1) is 10.3. The Hall–Kier alpha value is -1.47. The molecule has 1 aliphatic rings. The van der Waals surface area contributed by atoms with E-state index in [9.17, 15) is 23.1 Å². The topological polar surface area (TPSA) is 49.8 Å². The smallest absolute Gasteiger partial charge is 0.268 e. The molecule has 4 nitrogen and oxygen atoms in total. The monoisotopic (exact) mass is 337 g/mol. The Balaban J connectivity index is 1.80. The zero-order valence-corrected chi connectivity index (χ0v) is 12.3. The van der Waals surface area contributed by atoms with E-state index in [4.69, 9.17) is 16.3 Å². The van der Waals surface area contributed by atoms with Gasteiger partial charge >= 0.3 is 0 Å². The highest BCUT2D eigenvalue weighted by Crippen LogP contribution is 2.28. The van der Waals surface area contributed by atoms with E-state index >= 15 is 0 Å². The molecule has 1 aromatic carbocycles. The van der Waals surface area contributed by atoms with Crippen LogP contribution in [0.4, 0.5) is 13.2 Å². The fourth-order valence-electron chi connectivity index (χ4n) is 2.19. The molecule has 8 heteroatoms. The van der Waals surface area contributed by atoms with E-state index < -0.39 is 17.8 Å². The van der Waals surface area contributed by atoms with Crippen molar-refractivity contribution >= 4 is 17.5 Å². The van der Waals surface area contributed by atoms with Crippen molar-refractivity contribution in [2.24, 2.45) is 0 Å². The molecule has 1 unspecified atom stereocenters. The predicted molar refractivity (Wildman–Crippen MR) is 73.7 cm³/mol. The van der Waals surface area contributed by atoms with Gasteiger partial charge in [0.05, 0.1) is 24.6 Å². The maximum atomic E-state index is 13.0. The Morgan fingerprint density at radius 3 is 2.82 bits per heavy atom. The van der Waals surface area contributed by atoms with E-state index in [2.05, 4.69) is 0 Å². The van der Waals surface area contributed by atoms with E-state index in [0.717, 1.165) is 6.07 Å². The lowest BCUT2D eigenvalue weighted by atomic mass is 10.1. The van der Waals surface area contributed by atoms with Crippen LogP contribution >= 0.6 is 11.6 Å². The molecule has 1 amide bonds. The minimum absolute atomic E-state index is 0.00437. The SMILES string of the molecule is O=C(CCOc1ccc(F)c(Cl)c1)N1CCC(O)(C(F)F)C1. The van der Waals surface area contributed by atoms with Crippen molar-refractivity contribution in [1.29, 1.82) is 0 Å². The minimum atomic E-state index is -2.89. The van der Waals surface area contributed by atoms with Crippen LogP contribution in [0.3, 0.4) is 0 Å². The summed E-state index contributed by atoms with van der Waals surface area (Å²) in [5, 5.41) is 9.53. The number of likely N-dealkylation sites (tertiary alicyclic amines) is 1. The molecule has 1 saturated heterocycles. The number of rotatable bonds is 5. The molecule has 1 heterocycles. The second-order valence-electron chi connectivity index (χ2n) is 5.14. The molecule has 0 aromatic heterocycles. The number of ether oxygens (including phenoxy) is 1. The van der Waals surface area contributed by atoms with Crippen LogP contribution in [-0.4, -0.2) is 47.6 Å². The van der Waals surface area contributed by atoms with Crippen LogP contribution in [0.25, 0.3) is 0 Å². The van der Waals surface area contributed by atoms with Gasteiger partial charge in [-0.05, 0) is 12.1 Å². The summed E-state index contributed by atoms with van der Waals surface area (Å²) in [4.78, 5) is 13.1. The molecule has 0 spiro atoms. The number of halogens is 4. The molecule has 0 bridgehead atoms. The van der Waals surface area contributed by atoms with E-state index in [1.165, 1.54) is 17.0 Å². The largest absolute Gasteiger partial charge is 0.493 e. The summed E-state index contributed by atoms with van der Waals surface area (Å²) in [5.41, 5.74) is -2.12. The van der Waals surface area contributed by atoms with Crippen molar-refractivity contribution in [1.82, 2.24) is 4.90 Å². The second kappa shape index (κ2) is 6.75. The van der Waals surface area contributed by atoms with Gasteiger partial charge in [0.1, 0.15) is 17.2 Å². The molecule has 1 atom stereocenters. The number of hydrogen-bond acceptors (Lipinski definition) is 3. The summed E-state index contributed by atoms with van der Waals surface area (Å²) >= 11 is 5.59. The molecule has 1 aromatic rings. The third kappa shape index (κ3) is 3.84. The van der Waals surface area contributed by atoms with E-state index in [0.29, 0.717) is 5.75 Å². The summed E-state index contributed by atoms with van der Waals surface area (Å²) in [5.74, 6) is -0.650. The van der Waals surface area contributed by atoms with Crippen molar-refractivity contribution in [2.45, 2.75) is 24.9 Å². The average molecular weight is 338 g/mol. The summed E-state index contributed by atoms with van der Waals surface area (Å²) in [6.07, 6.45) is -3.07. The van der Waals surface area contributed by atoms with Gasteiger partial charge in [-0.1, -0.05) is 11.6 Å². The summed E-state index contributed by atoms with van der Waals surface area (Å²) in [6, 6.07) is 3.80. The molecular formula is C14H15ClF3NO3. The molecule has 0 aliphatic carbocycles. The molecule has 122 valence electrons. The fraction of sp³-hybridized carbons (Fsp3) is 0.500. The Kier molecular flexibility index (Phi) is 5.18. The second-order valence-corrected chi connectivity index (χ2v) is 5.55. The van der Waals surface area contributed by atoms with Crippen molar-refractivity contribution in [2.75, 3.05) is 19.7 Å². The average Bonchev–Trinajstić information content (AvgIpc) is 2.87. The molecule has 1 fully saturated rings. The lowest BCUT2D eigenvalue weighted by Crippen LogP contribution is -2.41. The molecule has 2 rings (SSSR count). The molecule has 0 radical (unpaired) electrons. The zero-order chi connectivity index (χ0) is 16.3. The van der Waals surface area contributed by atoms with Crippen LogP contribution in [0, 0.1) is 5.82 Å². The van der Waals surface area contributed by atoms with Crippen LogP contribution < -0.4 is 4.74 Å². The van der Waals surface area contributed by atoms with Crippen molar-refractivity contribution < 1.29 is 27.8 Å². The van der Waals surface area contributed by atoms with Gasteiger partial charge in [-0.15, -0.1) is 0 Å².